The maximum absolute atomic E-state index is 14.4. The van der Waals surface area contributed by atoms with Gasteiger partial charge in [-0.05, 0) is 107 Å². The number of terminal acetylenes is 1. The van der Waals surface area contributed by atoms with E-state index in [0.29, 0.717) is 67.8 Å². The molecule has 4 fully saturated rings. The number of hydrogen-bond donors (Lipinski definition) is 4. The second kappa shape index (κ2) is 24.3. The van der Waals surface area contributed by atoms with Crippen LogP contribution in [-0.4, -0.2) is 118 Å². The molecule has 4 amide bonds. The van der Waals surface area contributed by atoms with Gasteiger partial charge in [-0.15, -0.1) is 12.8 Å². The molecule has 4 aliphatic rings. The van der Waals surface area contributed by atoms with Crippen LogP contribution in [0.25, 0.3) is 33.6 Å². The van der Waals surface area contributed by atoms with E-state index in [0.717, 1.165) is 40.8 Å². The number of rotatable bonds is 11. The molecule has 17 heteroatoms. The highest BCUT2D eigenvalue weighted by atomic mass is 35.5. The Labute approximate surface area is 417 Å². The van der Waals surface area contributed by atoms with Crippen molar-refractivity contribution in [3.63, 3.8) is 0 Å². The SMILES string of the molecule is C#C.CC.COC(=O)NC(C(=O)N1CCC[C@H]1c1nc(-c2ccc(-c3ccc(-c4cnc([C@@H]5CC(C)[C@@H](C)N5C(=O)C(NC(=O)OC)[C@@H]5CCO[C@H](C)C5)[nH]4)cc3)cc2)c(Cl)[nH]1)C1C[C@@H](C)O[C@@H](C)C1. The zero-order chi connectivity index (χ0) is 50.8. The Morgan fingerprint density at radius 2 is 1.29 bits per heavy atom. The van der Waals surface area contributed by atoms with Gasteiger partial charge in [0.1, 0.15) is 34.6 Å². The lowest BCUT2D eigenvalue weighted by Gasteiger charge is -2.38. The Kier molecular flexibility index (Phi) is 18.6. The third-order valence-electron chi connectivity index (χ3n) is 14.2. The van der Waals surface area contributed by atoms with Crippen LogP contribution >= 0.6 is 11.6 Å². The molecule has 0 radical (unpaired) electrons. The predicted octanol–water partition coefficient (Wildman–Crippen LogP) is 9.49. The molecule has 4 N–H and O–H groups in total. The number of aromatic nitrogens is 4. The average molecular weight is 984 g/mol. The number of nitrogens with zero attached hydrogens (tertiary/aromatic N) is 4. The van der Waals surface area contributed by atoms with Crippen molar-refractivity contribution < 1.29 is 38.1 Å². The van der Waals surface area contributed by atoms with Crippen LogP contribution < -0.4 is 10.6 Å². The lowest BCUT2D eigenvalue weighted by Crippen LogP contribution is -2.55. The molecule has 0 bridgehead atoms. The minimum absolute atomic E-state index is 0.0115. The zero-order valence-corrected chi connectivity index (χ0v) is 42.8. The first-order chi connectivity index (χ1) is 33.7. The molecule has 2 aromatic heterocycles. The van der Waals surface area contributed by atoms with E-state index in [1.165, 1.54) is 14.2 Å². The summed E-state index contributed by atoms with van der Waals surface area (Å²) >= 11 is 6.82. The highest BCUT2D eigenvalue weighted by Crippen LogP contribution is 2.42. The summed E-state index contributed by atoms with van der Waals surface area (Å²) in [5.41, 5.74) is 5.24. The minimum atomic E-state index is -0.757. The fraction of sp³-hybridized carbons (Fsp3) is 0.547. The highest BCUT2D eigenvalue weighted by Gasteiger charge is 2.47. The molecule has 16 nitrogen and oxygen atoms in total. The third-order valence-corrected chi connectivity index (χ3v) is 14.5. The van der Waals surface area contributed by atoms with Gasteiger partial charge in [0.05, 0.1) is 56.5 Å². The van der Waals surface area contributed by atoms with Gasteiger partial charge in [-0.25, -0.2) is 19.6 Å². The van der Waals surface area contributed by atoms with E-state index in [2.05, 4.69) is 59.4 Å². The molecule has 4 unspecified atom stereocenters. The minimum Gasteiger partial charge on any atom is -0.453 e. The number of carbonyl (C=O) groups is 4. The molecule has 4 aliphatic heterocycles. The van der Waals surface area contributed by atoms with Crippen molar-refractivity contribution in [1.29, 1.82) is 0 Å². The Morgan fingerprint density at radius 1 is 0.729 bits per heavy atom. The third kappa shape index (κ3) is 12.0. The fourth-order valence-electron chi connectivity index (χ4n) is 10.7. The first-order valence-corrected chi connectivity index (χ1v) is 25.0. The predicted molar refractivity (Wildman–Crippen MR) is 269 cm³/mol. The topological polar surface area (TPSA) is 193 Å². The monoisotopic (exact) mass is 983 g/mol. The summed E-state index contributed by atoms with van der Waals surface area (Å²) in [7, 11) is 2.61. The van der Waals surface area contributed by atoms with E-state index in [-0.39, 0.29) is 66.0 Å². The maximum Gasteiger partial charge on any atom is 0.407 e. The summed E-state index contributed by atoms with van der Waals surface area (Å²) < 4.78 is 21.6. The molecule has 4 aromatic rings. The summed E-state index contributed by atoms with van der Waals surface area (Å²) in [6, 6.07) is 14.1. The van der Waals surface area contributed by atoms with Crippen molar-refractivity contribution in [3.8, 4) is 46.5 Å². The lowest BCUT2D eigenvalue weighted by molar-refractivity contribution is -0.140. The normalized spacial score (nSPS) is 26.1. The average Bonchev–Trinajstić information content (AvgIpc) is 4.20. The van der Waals surface area contributed by atoms with Crippen LogP contribution in [0.2, 0.25) is 5.15 Å². The first kappa shape index (κ1) is 53.5. The molecule has 0 spiro atoms. The van der Waals surface area contributed by atoms with Gasteiger partial charge in [0, 0.05) is 24.8 Å². The molecule has 11 atom stereocenters. The summed E-state index contributed by atoms with van der Waals surface area (Å²) in [4.78, 5) is 73.9. The number of ether oxygens (including phenoxy) is 4. The van der Waals surface area contributed by atoms with Gasteiger partial charge in [-0.2, -0.15) is 0 Å². The number of amides is 4. The molecule has 0 saturated carbocycles. The van der Waals surface area contributed by atoms with E-state index in [1.54, 1.807) is 0 Å². The van der Waals surface area contributed by atoms with Crippen molar-refractivity contribution in [2.75, 3.05) is 27.4 Å². The van der Waals surface area contributed by atoms with E-state index in [9.17, 15) is 19.2 Å². The van der Waals surface area contributed by atoms with Crippen molar-refractivity contribution in [3.05, 3.63) is 71.5 Å². The second-order valence-corrected chi connectivity index (χ2v) is 19.1. The molecule has 70 heavy (non-hydrogen) atoms. The van der Waals surface area contributed by atoms with Gasteiger partial charge >= 0.3 is 12.2 Å². The van der Waals surface area contributed by atoms with E-state index >= 15 is 0 Å². The number of nitrogens with one attached hydrogen (secondary N) is 4. The Balaban J connectivity index is 0.00000196. The highest BCUT2D eigenvalue weighted by molar-refractivity contribution is 6.32. The van der Waals surface area contributed by atoms with Gasteiger partial charge in [0.15, 0.2) is 0 Å². The van der Waals surface area contributed by atoms with Gasteiger partial charge in [-0.1, -0.05) is 80.9 Å². The van der Waals surface area contributed by atoms with Crippen LogP contribution in [0, 0.1) is 30.6 Å². The molecule has 2 aromatic carbocycles. The number of imidazole rings is 2. The number of alkyl carbamates (subject to hydrolysis) is 2. The molecule has 0 aliphatic carbocycles. The quantitative estimate of drug-likeness (QED) is 0.105. The van der Waals surface area contributed by atoms with Gasteiger partial charge < -0.3 is 49.3 Å². The maximum atomic E-state index is 14.4. The van der Waals surface area contributed by atoms with E-state index in [4.69, 9.17) is 40.5 Å². The van der Waals surface area contributed by atoms with Gasteiger partial charge in [-0.3, -0.25) is 9.59 Å². The van der Waals surface area contributed by atoms with Crippen LogP contribution in [-0.2, 0) is 28.5 Å². The summed E-state index contributed by atoms with van der Waals surface area (Å²) in [5.74, 6) is 1.05. The van der Waals surface area contributed by atoms with Crippen LogP contribution in [0.3, 0.4) is 0 Å². The Bertz CT molecular complexity index is 2390. The zero-order valence-electron chi connectivity index (χ0n) is 42.0. The van der Waals surface area contributed by atoms with Crippen molar-refractivity contribution >= 4 is 35.6 Å². The number of methoxy groups -OCH3 is 2. The van der Waals surface area contributed by atoms with Crippen LogP contribution in [0.15, 0.2) is 54.7 Å². The van der Waals surface area contributed by atoms with Crippen LogP contribution in [0.1, 0.15) is 117 Å². The Hall–Kier alpha value is -5.89. The largest absolute Gasteiger partial charge is 0.453 e. The van der Waals surface area contributed by atoms with Gasteiger partial charge in [0.2, 0.25) is 11.8 Å². The summed E-state index contributed by atoms with van der Waals surface area (Å²) in [6.07, 6.45) is 13.3. The number of hydrogen-bond acceptors (Lipinski definition) is 10. The van der Waals surface area contributed by atoms with Crippen molar-refractivity contribution in [2.45, 2.75) is 142 Å². The number of benzene rings is 2. The fourth-order valence-corrected chi connectivity index (χ4v) is 11.0. The lowest BCUT2D eigenvalue weighted by atomic mass is 9.85. The second-order valence-electron chi connectivity index (χ2n) is 18.7. The molecular formula is C53H71ClN8O8. The first-order valence-electron chi connectivity index (χ1n) is 24.7. The van der Waals surface area contributed by atoms with E-state index < -0.39 is 24.3 Å². The standard InChI is InChI=1S/C49H63ClN8O8.C2H6.C2H2/c1-26-21-39(58(30(26)5)47(60)41(54-48(61)63-6)35-18-20-65-27(2)22-35)44-51-25-37(52-44)33-14-10-31(11-15-33)32-12-16-34(17-13-32)40-43(50)56-45(53-40)38-9-8-19-57(38)46(59)42(55-49(62)64-7)36-23-28(3)66-29(4)24-36;2*1-2/h10-17,25-30,35-36,38-39,41-42H,8-9,18-24H2,1-7H3,(H,51,52)(H,53,56)(H,54,61)(H,55,62);1-2H3;1-2H/t26?,27-,28-,29+,30-,35-,36?,38+,39+,41?,42?;;/m1../s1. The molecule has 8 rings (SSSR count). The summed E-state index contributed by atoms with van der Waals surface area (Å²) in [5, 5.41) is 6.09. The molecule has 4 saturated heterocycles. The number of halogens is 1. The number of H-pyrrole nitrogens is 2. The van der Waals surface area contributed by atoms with E-state index in [1.807, 2.05) is 87.0 Å². The van der Waals surface area contributed by atoms with Crippen LogP contribution in [0.4, 0.5) is 9.59 Å². The van der Waals surface area contributed by atoms with Crippen molar-refractivity contribution in [2.24, 2.45) is 17.8 Å². The summed E-state index contributed by atoms with van der Waals surface area (Å²) in [6.45, 7) is 15.3. The number of carbonyl (C=O) groups excluding carboxylic acids is 4. The Morgan fingerprint density at radius 3 is 1.87 bits per heavy atom. The molecule has 378 valence electrons. The molecular weight excluding hydrogens is 912 g/mol. The smallest absolute Gasteiger partial charge is 0.407 e. The number of likely N-dealkylation sites (tertiary alicyclic amines) is 2. The van der Waals surface area contributed by atoms with Crippen LogP contribution in [0.5, 0.6) is 0 Å². The van der Waals surface area contributed by atoms with Crippen molar-refractivity contribution in [1.82, 2.24) is 40.4 Å². The molecule has 6 heterocycles. The van der Waals surface area contributed by atoms with Gasteiger partial charge in [0.25, 0.3) is 0 Å². The number of aromatic amines is 2.